The molecule has 0 aliphatic carbocycles. The number of aromatic nitrogens is 2. The minimum Gasteiger partial charge on any atom is -0.496 e. The van der Waals surface area contributed by atoms with Gasteiger partial charge in [0.2, 0.25) is 0 Å². The molecule has 1 aromatic heterocycles. The van der Waals surface area contributed by atoms with Crippen molar-refractivity contribution in [2.24, 2.45) is 7.05 Å². The molecule has 0 saturated heterocycles. The van der Waals surface area contributed by atoms with Crippen molar-refractivity contribution in [3.63, 3.8) is 0 Å². The second-order valence-corrected chi connectivity index (χ2v) is 3.94. The third-order valence-electron chi connectivity index (χ3n) is 2.67. The topological polar surface area (TPSA) is 47.3 Å². The third-order valence-corrected chi connectivity index (χ3v) is 2.67. The number of aliphatic hydroxyl groups excluding tert-OH is 1. The van der Waals surface area contributed by atoms with Gasteiger partial charge in [0.25, 0.3) is 0 Å². The van der Waals surface area contributed by atoms with Gasteiger partial charge in [-0.05, 0) is 12.1 Å². The van der Waals surface area contributed by atoms with Gasteiger partial charge in [0.1, 0.15) is 5.75 Å². The van der Waals surface area contributed by atoms with E-state index in [2.05, 4.69) is 5.10 Å². The van der Waals surface area contributed by atoms with E-state index >= 15 is 0 Å². The summed E-state index contributed by atoms with van der Waals surface area (Å²) in [4.78, 5) is 0. The van der Waals surface area contributed by atoms with Gasteiger partial charge in [-0.2, -0.15) is 5.10 Å². The van der Waals surface area contributed by atoms with Gasteiger partial charge in [-0.25, -0.2) is 0 Å². The molecule has 0 saturated carbocycles. The zero-order valence-electron chi connectivity index (χ0n) is 10.00. The van der Waals surface area contributed by atoms with Crippen LogP contribution in [-0.4, -0.2) is 22.0 Å². The van der Waals surface area contributed by atoms with Gasteiger partial charge >= 0.3 is 0 Å². The average Bonchev–Trinajstić information content (AvgIpc) is 2.74. The summed E-state index contributed by atoms with van der Waals surface area (Å²) >= 11 is 0. The van der Waals surface area contributed by atoms with E-state index in [0.717, 1.165) is 11.3 Å². The van der Waals surface area contributed by atoms with E-state index in [9.17, 15) is 5.11 Å². The zero-order valence-corrected chi connectivity index (χ0v) is 10.00. The summed E-state index contributed by atoms with van der Waals surface area (Å²) < 4.78 is 6.95. The molecule has 0 fully saturated rings. The van der Waals surface area contributed by atoms with Crippen molar-refractivity contribution in [3.8, 4) is 5.75 Å². The summed E-state index contributed by atoms with van der Waals surface area (Å²) in [6.07, 6.45) is 1.76. The third kappa shape index (κ3) is 2.65. The summed E-state index contributed by atoms with van der Waals surface area (Å²) in [7, 11) is 3.46. The first-order valence-electron chi connectivity index (χ1n) is 5.50. The molecule has 17 heavy (non-hydrogen) atoms. The van der Waals surface area contributed by atoms with E-state index in [1.165, 1.54) is 0 Å². The molecule has 0 amide bonds. The molecule has 1 unspecified atom stereocenters. The molecule has 2 aromatic rings. The first kappa shape index (κ1) is 11.7. The van der Waals surface area contributed by atoms with Crippen LogP contribution < -0.4 is 4.74 Å². The molecule has 90 valence electrons. The Morgan fingerprint density at radius 3 is 2.76 bits per heavy atom. The normalized spacial score (nSPS) is 12.4. The first-order chi connectivity index (χ1) is 8.20. The molecule has 1 aromatic carbocycles. The lowest BCUT2D eigenvalue weighted by Gasteiger charge is -2.13. The van der Waals surface area contributed by atoms with Crippen molar-refractivity contribution < 1.29 is 9.84 Å². The predicted octanol–water partition coefficient (Wildman–Crippen LogP) is 1.70. The largest absolute Gasteiger partial charge is 0.496 e. The Morgan fingerprint density at radius 1 is 1.35 bits per heavy atom. The fourth-order valence-corrected chi connectivity index (χ4v) is 1.82. The number of rotatable bonds is 4. The maximum absolute atomic E-state index is 10.2. The lowest BCUT2D eigenvalue weighted by Crippen LogP contribution is -2.05. The fourth-order valence-electron chi connectivity index (χ4n) is 1.82. The van der Waals surface area contributed by atoms with Gasteiger partial charge in [0, 0.05) is 25.2 Å². The van der Waals surface area contributed by atoms with Crippen LogP contribution in [0.25, 0.3) is 0 Å². The smallest absolute Gasteiger partial charge is 0.124 e. The molecular formula is C13H16N2O2. The summed E-state index contributed by atoms with van der Waals surface area (Å²) in [6.45, 7) is 0. The zero-order chi connectivity index (χ0) is 12.3. The first-order valence-corrected chi connectivity index (χ1v) is 5.50. The molecule has 4 nitrogen and oxygen atoms in total. The molecule has 0 spiro atoms. The van der Waals surface area contributed by atoms with E-state index in [1.807, 2.05) is 43.6 Å². The Bertz CT molecular complexity index is 494. The maximum atomic E-state index is 10.2. The second-order valence-electron chi connectivity index (χ2n) is 3.94. The standard InChI is InChI=1S/C13H16N2O2/c1-15-8-7-10(14-15)9-12(16)11-5-3-4-6-13(11)17-2/h3-8,12,16H,9H2,1-2H3. The Hall–Kier alpha value is -1.81. The van der Waals surface area contributed by atoms with Gasteiger partial charge < -0.3 is 9.84 Å². The summed E-state index contributed by atoms with van der Waals surface area (Å²) in [5.41, 5.74) is 1.66. The Balaban J connectivity index is 2.16. The van der Waals surface area contributed by atoms with E-state index in [-0.39, 0.29) is 0 Å². The van der Waals surface area contributed by atoms with E-state index in [4.69, 9.17) is 4.74 Å². The molecule has 0 aliphatic heterocycles. The number of methoxy groups -OCH3 is 1. The van der Waals surface area contributed by atoms with Gasteiger partial charge in [-0.1, -0.05) is 18.2 Å². The van der Waals surface area contributed by atoms with Crippen LogP contribution >= 0.6 is 0 Å². The monoisotopic (exact) mass is 232 g/mol. The number of para-hydroxylation sites is 1. The number of hydrogen-bond acceptors (Lipinski definition) is 3. The number of ether oxygens (including phenoxy) is 1. The van der Waals surface area contributed by atoms with E-state index in [0.29, 0.717) is 12.2 Å². The average molecular weight is 232 g/mol. The summed E-state index contributed by atoms with van der Waals surface area (Å²) in [5.74, 6) is 0.705. The Labute approximate surface area is 100 Å². The van der Waals surface area contributed by atoms with Crippen molar-refractivity contribution in [2.45, 2.75) is 12.5 Å². The number of hydrogen-bond donors (Lipinski definition) is 1. The van der Waals surface area contributed by atoms with Gasteiger partial charge in [-0.3, -0.25) is 4.68 Å². The maximum Gasteiger partial charge on any atom is 0.124 e. The van der Waals surface area contributed by atoms with Crippen LogP contribution in [0.4, 0.5) is 0 Å². The van der Waals surface area contributed by atoms with Crippen LogP contribution in [0.1, 0.15) is 17.4 Å². The molecule has 0 bridgehead atoms. The van der Waals surface area contributed by atoms with Crippen LogP contribution in [-0.2, 0) is 13.5 Å². The molecular weight excluding hydrogens is 216 g/mol. The number of nitrogens with zero attached hydrogens (tertiary/aromatic N) is 2. The molecule has 4 heteroatoms. The highest BCUT2D eigenvalue weighted by Crippen LogP contribution is 2.26. The summed E-state index contributed by atoms with van der Waals surface area (Å²) in [6, 6.07) is 9.39. The molecule has 0 radical (unpaired) electrons. The van der Waals surface area contributed by atoms with Gasteiger partial charge in [0.15, 0.2) is 0 Å². The molecule has 0 aliphatic rings. The van der Waals surface area contributed by atoms with Gasteiger partial charge in [0.05, 0.1) is 18.9 Å². The minimum atomic E-state index is -0.596. The Kier molecular flexibility index (Phi) is 3.44. The van der Waals surface area contributed by atoms with Crippen molar-refractivity contribution in [3.05, 3.63) is 47.8 Å². The summed E-state index contributed by atoms with van der Waals surface area (Å²) in [5, 5.41) is 14.4. The van der Waals surface area contributed by atoms with Crippen LogP contribution in [0.15, 0.2) is 36.5 Å². The van der Waals surface area contributed by atoms with Crippen LogP contribution in [0, 0.1) is 0 Å². The number of benzene rings is 1. The van der Waals surface area contributed by atoms with E-state index in [1.54, 1.807) is 11.8 Å². The molecule has 2 rings (SSSR count). The van der Waals surface area contributed by atoms with Crippen LogP contribution in [0.3, 0.4) is 0 Å². The highest BCUT2D eigenvalue weighted by Gasteiger charge is 2.14. The lowest BCUT2D eigenvalue weighted by atomic mass is 10.0. The van der Waals surface area contributed by atoms with Gasteiger partial charge in [-0.15, -0.1) is 0 Å². The van der Waals surface area contributed by atoms with E-state index < -0.39 is 6.10 Å². The number of aryl methyl sites for hydroxylation is 1. The quantitative estimate of drug-likeness (QED) is 0.872. The Morgan fingerprint density at radius 2 is 2.12 bits per heavy atom. The lowest BCUT2D eigenvalue weighted by molar-refractivity contribution is 0.172. The molecule has 1 heterocycles. The molecule has 1 N–H and O–H groups in total. The highest BCUT2D eigenvalue weighted by molar-refractivity contribution is 5.35. The van der Waals surface area contributed by atoms with Crippen molar-refractivity contribution in [1.29, 1.82) is 0 Å². The van der Waals surface area contributed by atoms with Crippen LogP contribution in [0.2, 0.25) is 0 Å². The second kappa shape index (κ2) is 5.01. The van der Waals surface area contributed by atoms with Crippen molar-refractivity contribution in [2.75, 3.05) is 7.11 Å². The minimum absolute atomic E-state index is 0.487. The highest BCUT2D eigenvalue weighted by atomic mass is 16.5. The fraction of sp³-hybridized carbons (Fsp3) is 0.308. The number of aliphatic hydroxyl groups is 1. The van der Waals surface area contributed by atoms with Crippen LogP contribution in [0.5, 0.6) is 5.75 Å². The SMILES string of the molecule is COc1ccccc1C(O)Cc1ccn(C)n1. The predicted molar refractivity (Wildman–Crippen MR) is 64.9 cm³/mol. The van der Waals surface area contributed by atoms with Crippen molar-refractivity contribution in [1.82, 2.24) is 9.78 Å². The van der Waals surface area contributed by atoms with Crippen molar-refractivity contribution >= 4 is 0 Å². The molecule has 1 atom stereocenters.